The maximum absolute atomic E-state index is 13.6. The number of nitrogens with zero attached hydrogens (tertiary/aromatic N) is 3. The van der Waals surface area contributed by atoms with Gasteiger partial charge in [0, 0.05) is 24.5 Å². The maximum atomic E-state index is 13.6. The molecule has 0 amide bonds. The third-order valence-corrected chi connectivity index (χ3v) is 3.15. The summed E-state index contributed by atoms with van der Waals surface area (Å²) in [5, 5.41) is 3.08. The van der Waals surface area contributed by atoms with Gasteiger partial charge in [-0.2, -0.15) is 0 Å². The van der Waals surface area contributed by atoms with Crippen molar-refractivity contribution in [2.24, 2.45) is 0 Å². The van der Waals surface area contributed by atoms with Crippen molar-refractivity contribution in [1.29, 1.82) is 0 Å². The first kappa shape index (κ1) is 13.9. The van der Waals surface area contributed by atoms with Crippen molar-refractivity contribution in [3.8, 4) is 11.4 Å². The average Bonchev–Trinajstić information content (AvgIpc) is 2.55. The van der Waals surface area contributed by atoms with Gasteiger partial charge >= 0.3 is 0 Å². The molecule has 6 heteroatoms. The Labute approximate surface area is 127 Å². The number of halogens is 1. The van der Waals surface area contributed by atoms with Gasteiger partial charge in [0.25, 0.3) is 0 Å². The van der Waals surface area contributed by atoms with Gasteiger partial charge < -0.3 is 11.1 Å². The van der Waals surface area contributed by atoms with E-state index in [0.717, 1.165) is 0 Å². The first-order valence-corrected chi connectivity index (χ1v) is 6.75. The van der Waals surface area contributed by atoms with E-state index in [4.69, 9.17) is 5.73 Å². The molecular weight excluding hydrogens is 281 g/mol. The number of hydrogen-bond donors (Lipinski definition) is 2. The van der Waals surface area contributed by atoms with Crippen molar-refractivity contribution >= 4 is 11.6 Å². The smallest absolute Gasteiger partial charge is 0.165 e. The van der Waals surface area contributed by atoms with Crippen LogP contribution < -0.4 is 11.1 Å². The first-order chi connectivity index (χ1) is 10.7. The summed E-state index contributed by atoms with van der Waals surface area (Å²) in [6.07, 6.45) is 3.23. The van der Waals surface area contributed by atoms with Crippen LogP contribution >= 0.6 is 0 Å². The van der Waals surface area contributed by atoms with Gasteiger partial charge in [-0.3, -0.25) is 0 Å². The lowest BCUT2D eigenvalue weighted by molar-refractivity contribution is 0.613. The summed E-state index contributed by atoms with van der Waals surface area (Å²) in [5.74, 6) is 1.19. The van der Waals surface area contributed by atoms with E-state index in [9.17, 15) is 4.39 Å². The Hall–Kier alpha value is -3.02. The zero-order chi connectivity index (χ0) is 15.4. The normalized spacial score (nSPS) is 10.4. The molecule has 1 aromatic carbocycles. The fourth-order valence-corrected chi connectivity index (χ4v) is 2.02. The SMILES string of the molecule is Nc1ncccc1-c1nccc(NCc2ccccc2F)n1. The highest BCUT2D eigenvalue weighted by molar-refractivity contribution is 5.68. The molecule has 0 spiro atoms. The number of benzene rings is 1. The van der Waals surface area contributed by atoms with Gasteiger partial charge in [0.1, 0.15) is 17.5 Å². The Morgan fingerprint density at radius 1 is 1.00 bits per heavy atom. The second-order valence-electron chi connectivity index (χ2n) is 4.65. The second-order valence-corrected chi connectivity index (χ2v) is 4.65. The molecule has 0 aliphatic rings. The van der Waals surface area contributed by atoms with E-state index in [2.05, 4.69) is 20.3 Å². The van der Waals surface area contributed by atoms with E-state index in [1.165, 1.54) is 6.07 Å². The number of nitrogens with two attached hydrogens (primary N) is 1. The molecule has 0 aliphatic heterocycles. The number of pyridine rings is 1. The zero-order valence-electron chi connectivity index (χ0n) is 11.7. The first-order valence-electron chi connectivity index (χ1n) is 6.75. The van der Waals surface area contributed by atoms with E-state index >= 15 is 0 Å². The molecular formula is C16H14FN5. The van der Waals surface area contributed by atoms with Crippen molar-refractivity contribution in [1.82, 2.24) is 15.0 Å². The largest absolute Gasteiger partial charge is 0.383 e. The lowest BCUT2D eigenvalue weighted by atomic mass is 10.2. The Morgan fingerprint density at radius 2 is 1.86 bits per heavy atom. The molecule has 2 aromatic heterocycles. The standard InChI is InChI=1S/C16H14FN5/c17-13-6-2-1-4-11(13)10-21-14-7-9-20-16(22-14)12-5-3-8-19-15(12)18/h1-9H,10H2,(H2,18,19)(H,20,21,22). The second kappa shape index (κ2) is 6.17. The molecule has 110 valence electrons. The fraction of sp³-hybridized carbons (Fsp3) is 0.0625. The summed E-state index contributed by atoms with van der Waals surface area (Å²) >= 11 is 0. The highest BCUT2D eigenvalue weighted by Crippen LogP contribution is 2.21. The van der Waals surface area contributed by atoms with E-state index in [0.29, 0.717) is 35.1 Å². The highest BCUT2D eigenvalue weighted by atomic mass is 19.1. The summed E-state index contributed by atoms with van der Waals surface area (Å²) in [5.41, 5.74) is 7.06. The molecule has 0 unspecified atom stereocenters. The highest BCUT2D eigenvalue weighted by Gasteiger charge is 2.07. The minimum Gasteiger partial charge on any atom is -0.383 e. The van der Waals surface area contributed by atoms with Crippen molar-refractivity contribution in [2.45, 2.75) is 6.54 Å². The Balaban J connectivity index is 1.80. The number of rotatable bonds is 4. The topological polar surface area (TPSA) is 76.7 Å². The van der Waals surface area contributed by atoms with Crippen LogP contribution in [0.5, 0.6) is 0 Å². The summed E-state index contributed by atoms with van der Waals surface area (Å²) in [6, 6.07) is 11.9. The molecule has 0 bridgehead atoms. The van der Waals surface area contributed by atoms with E-state index in [-0.39, 0.29) is 5.82 Å². The quantitative estimate of drug-likeness (QED) is 0.774. The van der Waals surface area contributed by atoms with Crippen LogP contribution in [0.2, 0.25) is 0 Å². The summed E-state index contributed by atoms with van der Waals surface area (Å²) < 4.78 is 13.6. The molecule has 0 saturated carbocycles. The molecule has 5 nitrogen and oxygen atoms in total. The summed E-state index contributed by atoms with van der Waals surface area (Å²) in [7, 11) is 0. The molecule has 0 atom stereocenters. The van der Waals surface area contributed by atoms with Crippen LogP contribution in [0.1, 0.15) is 5.56 Å². The van der Waals surface area contributed by atoms with Gasteiger partial charge in [-0.15, -0.1) is 0 Å². The van der Waals surface area contributed by atoms with Crippen LogP contribution in [0, 0.1) is 5.82 Å². The van der Waals surface area contributed by atoms with Crippen LogP contribution in [-0.4, -0.2) is 15.0 Å². The minimum absolute atomic E-state index is 0.249. The predicted octanol–water partition coefficient (Wildman–Crippen LogP) is 2.87. The fourth-order valence-electron chi connectivity index (χ4n) is 2.02. The number of anilines is 2. The Bertz CT molecular complexity index is 791. The zero-order valence-corrected chi connectivity index (χ0v) is 11.7. The Kier molecular flexibility index (Phi) is 3.91. The molecule has 0 saturated heterocycles. The number of nitrogens with one attached hydrogen (secondary N) is 1. The predicted molar refractivity (Wildman–Crippen MR) is 83.4 cm³/mol. The van der Waals surface area contributed by atoms with Crippen molar-refractivity contribution in [3.05, 3.63) is 66.2 Å². The van der Waals surface area contributed by atoms with Crippen LogP contribution in [0.4, 0.5) is 16.0 Å². The van der Waals surface area contributed by atoms with Gasteiger partial charge in [0.15, 0.2) is 5.82 Å². The summed E-state index contributed by atoms with van der Waals surface area (Å²) in [4.78, 5) is 12.6. The lowest BCUT2D eigenvalue weighted by Crippen LogP contribution is -2.05. The van der Waals surface area contributed by atoms with Crippen molar-refractivity contribution < 1.29 is 4.39 Å². The molecule has 3 N–H and O–H groups in total. The third kappa shape index (κ3) is 3.01. The minimum atomic E-state index is -0.249. The van der Waals surface area contributed by atoms with Gasteiger partial charge in [-0.1, -0.05) is 18.2 Å². The van der Waals surface area contributed by atoms with Crippen LogP contribution in [0.3, 0.4) is 0 Å². The maximum Gasteiger partial charge on any atom is 0.165 e. The molecule has 2 heterocycles. The molecule has 22 heavy (non-hydrogen) atoms. The molecule has 0 aliphatic carbocycles. The Morgan fingerprint density at radius 3 is 2.68 bits per heavy atom. The molecule has 0 fully saturated rings. The van der Waals surface area contributed by atoms with Crippen molar-refractivity contribution in [3.63, 3.8) is 0 Å². The van der Waals surface area contributed by atoms with E-state index in [1.54, 1.807) is 48.8 Å². The number of hydrogen-bond acceptors (Lipinski definition) is 5. The van der Waals surface area contributed by atoms with Gasteiger partial charge in [-0.05, 0) is 24.3 Å². The molecule has 3 rings (SSSR count). The average molecular weight is 295 g/mol. The van der Waals surface area contributed by atoms with E-state index in [1.807, 2.05) is 0 Å². The van der Waals surface area contributed by atoms with Gasteiger partial charge in [0.05, 0.1) is 5.56 Å². The number of nitrogen functional groups attached to an aromatic ring is 1. The van der Waals surface area contributed by atoms with Gasteiger partial charge in [0.2, 0.25) is 0 Å². The van der Waals surface area contributed by atoms with Crippen LogP contribution in [-0.2, 0) is 6.54 Å². The van der Waals surface area contributed by atoms with Crippen LogP contribution in [0.25, 0.3) is 11.4 Å². The third-order valence-electron chi connectivity index (χ3n) is 3.15. The molecule has 3 aromatic rings. The van der Waals surface area contributed by atoms with E-state index < -0.39 is 0 Å². The van der Waals surface area contributed by atoms with Crippen LogP contribution in [0.15, 0.2) is 54.9 Å². The monoisotopic (exact) mass is 295 g/mol. The summed E-state index contributed by atoms with van der Waals surface area (Å²) in [6.45, 7) is 0.339. The van der Waals surface area contributed by atoms with Crippen molar-refractivity contribution in [2.75, 3.05) is 11.1 Å². The van der Waals surface area contributed by atoms with Gasteiger partial charge in [-0.25, -0.2) is 19.3 Å². The lowest BCUT2D eigenvalue weighted by Gasteiger charge is -2.08. The number of aromatic nitrogens is 3. The molecule has 0 radical (unpaired) electrons.